The molecular weight excluding hydrogens is 400 g/mol. The van der Waals surface area contributed by atoms with E-state index in [1.807, 2.05) is 35.2 Å². The van der Waals surface area contributed by atoms with E-state index in [1.165, 1.54) is 25.7 Å². The number of para-hydroxylation sites is 1. The Morgan fingerprint density at radius 1 is 1.00 bits per heavy atom. The molecule has 0 radical (unpaired) electrons. The smallest absolute Gasteiger partial charge is 0.240 e. The lowest BCUT2D eigenvalue weighted by Gasteiger charge is -2.66. The number of carbonyl (C=O) groups is 1. The molecular formula is C24H37ClN2O3. The lowest BCUT2D eigenvalue weighted by Crippen LogP contribution is -2.83. The molecule has 1 amide bonds. The first kappa shape index (κ1) is 23.5. The number of anilines is 1. The molecule has 0 bridgehead atoms. The molecule has 1 saturated carbocycles. The van der Waals surface area contributed by atoms with Crippen LogP contribution in [0.3, 0.4) is 0 Å². The SMILES string of the molecule is CC(C)C1CCC(N2CCC3(CC2)N(c2ccccc2)C(=O)C3(CO)CO)CC1.Cl. The molecule has 3 fully saturated rings. The number of piperidine rings is 1. The minimum Gasteiger partial charge on any atom is -0.395 e. The van der Waals surface area contributed by atoms with Crippen LogP contribution in [-0.4, -0.2) is 58.9 Å². The molecule has 6 heteroatoms. The van der Waals surface area contributed by atoms with Gasteiger partial charge in [-0.15, -0.1) is 12.4 Å². The van der Waals surface area contributed by atoms with Crippen LogP contribution in [0.15, 0.2) is 30.3 Å². The molecule has 1 aromatic rings. The number of aliphatic hydroxyl groups is 2. The highest BCUT2D eigenvalue weighted by atomic mass is 35.5. The number of halogens is 1. The van der Waals surface area contributed by atoms with Gasteiger partial charge in [-0.25, -0.2) is 0 Å². The number of aliphatic hydroxyl groups excluding tert-OH is 2. The fourth-order valence-electron chi connectivity index (χ4n) is 6.28. The van der Waals surface area contributed by atoms with Crippen molar-refractivity contribution in [2.75, 3.05) is 31.2 Å². The van der Waals surface area contributed by atoms with E-state index >= 15 is 0 Å². The van der Waals surface area contributed by atoms with Crippen molar-refractivity contribution in [3.63, 3.8) is 0 Å². The van der Waals surface area contributed by atoms with Gasteiger partial charge >= 0.3 is 0 Å². The van der Waals surface area contributed by atoms with Gasteiger partial charge in [0.2, 0.25) is 5.91 Å². The number of nitrogens with zero attached hydrogens (tertiary/aromatic N) is 2. The second kappa shape index (κ2) is 9.15. The number of hydrogen-bond acceptors (Lipinski definition) is 4. The average Bonchev–Trinajstić information content (AvgIpc) is 2.76. The maximum absolute atomic E-state index is 13.1. The highest BCUT2D eigenvalue weighted by Crippen LogP contribution is 2.56. The van der Waals surface area contributed by atoms with Crippen molar-refractivity contribution in [3.05, 3.63) is 30.3 Å². The predicted molar refractivity (Wildman–Crippen MR) is 122 cm³/mol. The van der Waals surface area contributed by atoms with Crippen molar-refractivity contribution >= 4 is 24.0 Å². The average molecular weight is 437 g/mol. The summed E-state index contributed by atoms with van der Waals surface area (Å²) in [5.74, 6) is 1.49. The molecule has 2 aliphatic heterocycles. The molecule has 4 rings (SSSR count). The van der Waals surface area contributed by atoms with E-state index in [-0.39, 0.29) is 31.5 Å². The summed E-state index contributed by atoms with van der Waals surface area (Å²) < 4.78 is 0. The molecule has 0 unspecified atom stereocenters. The standard InChI is InChI=1S/C24H36N2O3.ClH/c1-18(2)19-8-10-20(11-9-19)25-14-12-24(13-15-25)23(16-27,17-28)22(29)26(24)21-6-4-3-5-7-21;/h3-7,18-20,27-28H,8-17H2,1-2H3;1H. The van der Waals surface area contributed by atoms with Crippen molar-refractivity contribution in [3.8, 4) is 0 Å². The minimum absolute atomic E-state index is 0. The van der Waals surface area contributed by atoms with Gasteiger partial charge < -0.3 is 20.0 Å². The maximum Gasteiger partial charge on any atom is 0.240 e. The van der Waals surface area contributed by atoms with Crippen molar-refractivity contribution in [2.24, 2.45) is 17.3 Å². The van der Waals surface area contributed by atoms with Crippen LogP contribution in [0.4, 0.5) is 5.69 Å². The molecule has 2 N–H and O–H groups in total. The van der Waals surface area contributed by atoms with Gasteiger partial charge in [-0.05, 0) is 62.5 Å². The number of hydrogen-bond donors (Lipinski definition) is 2. The molecule has 5 nitrogen and oxygen atoms in total. The number of likely N-dealkylation sites (tertiary alicyclic amines) is 1. The summed E-state index contributed by atoms with van der Waals surface area (Å²) in [5.41, 5.74) is -0.661. The molecule has 1 aromatic carbocycles. The van der Waals surface area contributed by atoms with Crippen LogP contribution in [0.1, 0.15) is 52.4 Å². The number of β-lactam (4-membered cyclic amide) rings is 1. The zero-order valence-corrected chi connectivity index (χ0v) is 19.1. The first-order valence-electron chi connectivity index (χ1n) is 11.3. The number of amides is 1. The number of carbonyl (C=O) groups excluding carboxylic acids is 1. The van der Waals surface area contributed by atoms with Crippen LogP contribution in [0, 0.1) is 17.3 Å². The Kier molecular flexibility index (Phi) is 7.18. The Hall–Kier alpha value is -1.14. The van der Waals surface area contributed by atoms with Crippen LogP contribution in [-0.2, 0) is 4.79 Å². The lowest BCUT2D eigenvalue weighted by molar-refractivity contribution is -0.164. The van der Waals surface area contributed by atoms with E-state index in [9.17, 15) is 15.0 Å². The summed E-state index contributed by atoms with van der Waals surface area (Å²) in [5, 5.41) is 20.3. The second-order valence-electron chi connectivity index (χ2n) is 9.75. The third-order valence-electron chi connectivity index (χ3n) is 8.31. The van der Waals surface area contributed by atoms with Crippen molar-refractivity contribution in [1.29, 1.82) is 0 Å². The lowest BCUT2D eigenvalue weighted by atomic mass is 9.56. The molecule has 1 spiro atoms. The molecule has 0 atom stereocenters. The van der Waals surface area contributed by atoms with Gasteiger partial charge in [0.1, 0.15) is 5.41 Å². The van der Waals surface area contributed by atoms with Crippen LogP contribution < -0.4 is 4.90 Å². The van der Waals surface area contributed by atoms with Gasteiger partial charge in [-0.2, -0.15) is 0 Å². The van der Waals surface area contributed by atoms with Gasteiger partial charge in [0.25, 0.3) is 0 Å². The van der Waals surface area contributed by atoms with Gasteiger partial charge in [0.15, 0.2) is 0 Å². The van der Waals surface area contributed by atoms with Crippen LogP contribution in [0.2, 0.25) is 0 Å². The Balaban J connectivity index is 0.00000256. The highest BCUT2D eigenvalue weighted by Gasteiger charge is 2.71. The summed E-state index contributed by atoms with van der Waals surface area (Å²) in [7, 11) is 0. The zero-order valence-electron chi connectivity index (χ0n) is 18.3. The van der Waals surface area contributed by atoms with Crippen LogP contribution >= 0.6 is 12.4 Å². The summed E-state index contributed by atoms with van der Waals surface area (Å²) >= 11 is 0. The topological polar surface area (TPSA) is 64.0 Å². The van der Waals surface area contributed by atoms with E-state index in [1.54, 1.807) is 0 Å². The quantitative estimate of drug-likeness (QED) is 0.693. The summed E-state index contributed by atoms with van der Waals surface area (Å²) in [6.07, 6.45) is 6.77. The summed E-state index contributed by atoms with van der Waals surface area (Å²) in [6.45, 7) is 5.96. The number of benzene rings is 1. The fourth-order valence-corrected chi connectivity index (χ4v) is 6.28. The van der Waals surface area contributed by atoms with Crippen molar-refractivity contribution in [1.82, 2.24) is 4.90 Å². The second-order valence-corrected chi connectivity index (χ2v) is 9.75. The summed E-state index contributed by atoms with van der Waals surface area (Å²) in [4.78, 5) is 17.6. The van der Waals surface area contributed by atoms with E-state index < -0.39 is 11.0 Å². The van der Waals surface area contributed by atoms with Gasteiger partial charge in [-0.1, -0.05) is 32.0 Å². The van der Waals surface area contributed by atoms with Crippen molar-refractivity contribution in [2.45, 2.75) is 64.0 Å². The zero-order chi connectivity index (χ0) is 20.6. The monoisotopic (exact) mass is 436 g/mol. The van der Waals surface area contributed by atoms with E-state index in [4.69, 9.17) is 0 Å². The number of rotatable bonds is 5. The first-order chi connectivity index (χ1) is 14.0. The van der Waals surface area contributed by atoms with E-state index in [0.717, 1.165) is 43.5 Å². The Labute approximate surface area is 186 Å². The third-order valence-corrected chi connectivity index (χ3v) is 8.31. The largest absolute Gasteiger partial charge is 0.395 e. The molecule has 2 saturated heterocycles. The van der Waals surface area contributed by atoms with Crippen molar-refractivity contribution < 1.29 is 15.0 Å². The van der Waals surface area contributed by atoms with Crippen LogP contribution in [0.25, 0.3) is 0 Å². The molecule has 3 aliphatic rings. The van der Waals surface area contributed by atoms with Gasteiger partial charge in [0.05, 0.1) is 18.8 Å². The molecule has 168 valence electrons. The highest BCUT2D eigenvalue weighted by molar-refractivity contribution is 6.08. The summed E-state index contributed by atoms with van der Waals surface area (Å²) in [6, 6.07) is 10.4. The van der Waals surface area contributed by atoms with Gasteiger partial charge in [0, 0.05) is 24.8 Å². The normalized spacial score (nSPS) is 28.3. The maximum atomic E-state index is 13.1. The predicted octanol–water partition coefficient (Wildman–Crippen LogP) is 3.48. The Bertz CT molecular complexity index is 706. The molecule has 30 heavy (non-hydrogen) atoms. The third kappa shape index (κ3) is 3.48. The van der Waals surface area contributed by atoms with E-state index in [0.29, 0.717) is 6.04 Å². The Morgan fingerprint density at radius 3 is 2.07 bits per heavy atom. The minimum atomic E-state index is -1.05. The Morgan fingerprint density at radius 2 is 1.57 bits per heavy atom. The first-order valence-corrected chi connectivity index (χ1v) is 11.3. The molecule has 1 aliphatic carbocycles. The van der Waals surface area contributed by atoms with E-state index in [2.05, 4.69) is 18.7 Å². The fraction of sp³-hybridized carbons (Fsp3) is 0.708. The molecule has 0 aromatic heterocycles. The van der Waals surface area contributed by atoms with Crippen LogP contribution in [0.5, 0.6) is 0 Å². The van der Waals surface area contributed by atoms with Gasteiger partial charge in [-0.3, -0.25) is 4.79 Å². The molecule has 2 heterocycles.